The lowest BCUT2D eigenvalue weighted by atomic mass is 10.0. The normalized spacial score (nSPS) is 15.4. The summed E-state index contributed by atoms with van der Waals surface area (Å²) < 4.78 is 0. The third-order valence-corrected chi connectivity index (χ3v) is 2.63. The van der Waals surface area contributed by atoms with Gasteiger partial charge in [0.15, 0.2) is 0 Å². The van der Waals surface area contributed by atoms with E-state index in [0.717, 1.165) is 31.6 Å². The SMILES string of the molecule is C=CCC(O)CCC(C)/C=C\CCCCl. The Kier molecular flexibility index (Phi) is 10.1. The Morgan fingerprint density at radius 3 is 2.73 bits per heavy atom. The van der Waals surface area contributed by atoms with Crippen molar-refractivity contribution in [2.45, 2.75) is 45.1 Å². The molecule has 2 unspecified atom stereocenters. The standard InChI is InChI=1S/C13H23ClO/c1-3-7-13(15)10-9-12(2)8-5-4-6-11-14/h3,5,8,12-13,15H,1,4,6-7,9-11H2,2H3/b8-5-. The summed E-state index contributed by atoms with van der Waals surface area (Å²) in [5, 5.41) is 9.49. The molecule has 0 aliphatic heterocycles. The van der Waals surface area contributed by atoms with Gasteiger partial charge in [-0.2, -0.15) is 0 Å². The Morgan fingerprint density at radius 1 is 1.40 bits per heavy atom. The minimum atomic E-state index is -0.221. The van der Waals surface area contributed by atoms with Crippen molar-refractivity contribution in [3.8, 4) is 0 Å². The Morgan fingerprint density at radius 2 is 2.13 bits per heavy atom. The van der Waals surface area contributed by atoms with Gasteiger partial charge in [0.05, 0.1) is 6.10 Å². The fraction of sp³-hybridized carbons (Fsp3) is 0.692. The van der Waals surface area contributed by atoms with Gasteiger partial charge in [0, 0.05) is 5.88 Å². The second kappa shape index (κ2) is 10.3. The van der Waals surface area contributed by atoms with Crippen LogP contribution in [-0.4, -0.2) is 17.1 Å². The van der Waals surface area contributed by atoms with Gasteiger partial charge in [-0.15, -0.1) is 18.2 Å². The van der Waals surface area contributed by atoms with E-state index in [0.29, 0.717) is 12.3 Å². The molecular weight excluding hydrogens is 208 g/mol. The smallest absolute Gasteiger partial charge is 0.0574 e. The number of allylic oxidation sites excluding steroid dienone is 2. The lowest BCUT2D eigenvalue weighted by Gasteiger charge is -2.10. The fourth-order valence-corrected chi connectivity index (χ4v) is 1.54. The zero-order chi connectivity index (χ0) is 11.5. The quantitative estimate of drug-likeness (QED) is 0.362. The molecule has 88 valence electrons. The molecule has 0 spiro atoms. The first-order valence-electron chi connectivity index (χ1n) is 5.72. The molecule has 0 saturated carbocycles. The summed E-state index contributed by atoms with van der Waals surface area (Å²) in [7, 11) is 0. The third-order valence-electron chi connectivity index (χ3n) is 2.36. The van der Waals surface area contributed by atoms with Gasteiger partial charge < -0.3 is 5.11 Å². The highest BCUT2D eigenvalue weighted by Crippen LogP contribution is 2.12. The molecule has 0 saturated heterocycles. The van der Waals surface area contributed by atoms with Crippen molar-refractivity contribution in [3.05, 3.63) is 24.8 Å². The van der Waals surface area contributed by atoms with Crippen LogP contribution in [0.1, 0.15) is 39.0 Å². The van der Waals surface area contributed by atoms with Crippen LogP contribution >= 0.6 is 11.6 Å². The Labute approximate surface area is 98.8 Å². The van der Waals surface area contributed by atoms with E-state index in [2.05, 4.69) is 25.7 Å². The third kappa shape index (κ3) is 10.0. The van der Waals surface area contributed by atoms with Crippen molar-refractivity contribution in [1.82, 2.24) is 0 Å². The highest BCUT2D eigenvalue weighted by molar-refractivity contribution is 6.17. The number of hydrogen-bond donors (Lipinski definition) is 1. The van der Waals surface area contributed by atoms with Crippen LogP contribution in [0.3, 0.4) is 0 Å². The highest BCUT2D eigenvalue weighted by atomic mass is 35.5. The van der Waals surface area contributed by atoms with Crippen LogP contribution in [0.4, 0.5) is 0 Å². The van der Waals surface area contributed by atoms with Gasteiger partial charge in [-0.1, -0.05) is 25.2 Å². The number of aliphatic hydroxyl groups excluding tert-OH is 1. The molecule has 0 aliphatic carbocycles. The lowest BCUT2D eigenvalue weighted by Crippen LogP contribution is -2.06. The number of halogens is 1. The molecule has 0 amide bonds. The Hall–Kier alpha value is -0.270. The lowest BCUT2D eigenvalue weighted by molar-refractivity contribution is 0.161. The van der Waals surface area contributed by atoms with Crippen molar-refractivity contribution in [2.75, 3.05) is 5.88 Å². The first-order valence-corrected chi connectivity index (χ1v) is 6.25. The predicted octanol–water partition coefficient (Wildman–Crippen LogP) is 3.91. The second-order valence-electron chi connectivity index (χ2n) is 3.99. The van der Waals surface area contributed by atoms with Crippen LogP contribution in [-0.2, 0) is 0 Å². The maximum Gasteiger partial charge on any atom is 0.0574 e. The number of rotatable bonds is 9. The molecule has 0 fully saturated rings. The molecule has 0 rings (SSSR count). The van der Waals surface area contributed by atoms with E-state index in [9.17, 15) is 5.11 Å². The van der Waals surface area contributed by atoms with Crippen molar-refractivity contribution in [1.29, 1.82) is 0 Å². The van der Waals surface area contributed by atoms with E-state index in [-0.39, 0.29) is 6.10 Å². The van der Waals surface area contributed by atoms with Gasteiger partial charge >= 0.3 is 0 Å². The average molecular weight is 231 g/mol. The first-order chi connectivity index (χ1) is 7.20. The summed E-state index contributed by atoms with van der Waals surface area (Å²) in [5.41, 5.74) is 0. The molecule has 2 heteroatoms. The van der Waals surface area contributed by atoms with Crippen LogP contribution < -0.4 is 0 Å². The molecule has 0 heterocycles. The molecule has 0 aromatic heterocycles. The zero-order valence-electron chi connectivity index (χ0n) is 9.66. The van der Waals surface area contributed by atoms with E-state index in [4.69, 9.17) is 11.6 Å². The van der Waals surface area contributed by atoms with Crippen molar-refractivity contribution in [3.63, 3.8) is 0 Å². The summed E-state index contributed by atoms with van der Waals surface area (Å²) in [6.45, 7) is 5.79. The summed E-state index contributed by atoms with van der Waals surface area (Å²) in [4.78, 5) is 0. The minimum Gasteiger partial charge on any atom is -0.393 e. The summed E-state index contributed by atoms with van der Waals surface area (Å²) in [6, 6.07) is 0. The predicted molar refractivity (Wildman–Crippen MR) is 68.3 cm³/mol. The molecule has 0 aromatic carbocycles. The molecule has 1 N–H and O–H groups in total. The van der Waals surface area contributed by atoms with Crippen LogP contribution in [0.5, 0.6) is 0 Å². The maximum atomic E-state index is 9.49. The van der Waals surface area contributed by atoms with Gasteiger partial charge in [-0.25, -0.2) is 0 Å². The summed E-state index contributed by atoms with van der Waals surface area (Å²) in [6.07, 6.45) is 10.6. The molecular formula is C13H23ClO. The van der Waals surface area contributed by atoms with Gasteiger partial charge in [-0.05, 0) is 38.0 Å². The average Bonchev–Trinajstić information content (AvgIpc) is 2.22. The highest BCUT2D eigenvalue weighted by Gasteiger charge is 2.03. The number of aliphatic hydroxyl groups is 1. The van der Waals surface area contributed by atoms with Gasteiger partial charge in [0.1, 0.15) is 0 Å². The topological polar surface area (TPSA) is 20.2 Å². The Balaban J connectivity index is 3.51. The van der Waals surface area contributed by atoms with Crippen LogP contribution in [0, 0.1) is 5.92 Å². The van der Waals surface area contributed by atoms with E-state index in [1.165, 1.54) is 0 Å². The number of alkyl halides is 1. The summed E-state index contributed by atoms with van der Waals surface area (Å²) >= 11 is 5.58. The molecule has 0 radical (unpaired) electrons. The minimum absolute atomic E-state index is 0.221. The number of hydrogen-bond acceptors (Lipinski definition) is 1. The fourth-order valence-electron chi connectivity index (χ4n) is 1.39. The van der Waals surface area contributed by atoms with Gasteiger partial charge in [0.2, 0.25) is 0 Å². The van der Waals surface area contributed by atoms with Crippen molar-refractivity contribution < 1.29 is 5.11 Å². The van der Waals surface area contributed by atoms with E-state index in [1.807, 2.05) is 0 Å². The van der Waals surface area contributed by atoms with E-state index >= 15 is 0 Å². The molecule has 2 atom stereocenters. The first kappa shape index (κ1) is 14.7. The zero-order valence-corrected chi connectivity index (χ0v) is 10.4. The molecule has 0 aromatic rings. The van der Waals surface area contributed by atoms with Crippen molar-refractivity contribution >= 4 is 11.6 Å². The molecule has 0 aliphatic rings. The van der Waals surface area contributed by atoms with E-state index in [1.54, 1.807) is 6.08 Å². The summed E-state index contributed by atoms with van der Waals surface area (Å²) in [5.74, 6) is 1.27. The van der Waals surface area contributed by atoms with Crippen LogP contribution in [0.25, 0.3) is 0 Å². The second-order valence-corrected chi connectivity index (χ2v) is 4.37. The number of unbranched alkanes of at least 4 members (excludes halogenated alkanes) is 1. The Bertz CT molecular complexity index is 177. The maximum absolute atomic E-state index is 9.49. The molecule has 0 bridgehead atoms. The van der Waals surface area contributed by atoms with Crippen molar-refractivity contribution in [2.24, 2.45) is 5.92 Å². The van der Waals surface area contributed by atoms with E-state index < -0.39 is 0 Å². The largest absolute Gasteiger partial charge is 0.393 e. The molecule has 1 nitrogen and oxygen atoms in total. The monoisotopic (exact) mass is 230 g/mol. The molecule has 15 heavy (non-hydrogen) atoms. The van der Waals surface area contributed by atoms with Crippen LogP contribution in [0.15, 0.2) is 24.8 Å². The van der Waals surface area contributed by atoms with Gasteiger partial charge in [0.25, 0.3) is 0 Å². The van der Waals surface area contributed by atoms with Gasteiger partial charge in [-0.3, -0.25) is 0 Å². The van der Waals surface area contributed by atoms with Crippen LogP contribution in [0.2, 0.25) is 0 Å².